The number of aromatic nitrogens is 3. The van der Waals surface area contributed by atoms with E-state index in [2.05, 4.69) is 31.6 Å². The second kappa shape index (κ2) is 9.93. The van der Waals surface area contributed by atoms with Crippen LogP contribution in [0.25, 0.3) is 11.4 Å². The lowest BCUT2D eigenvalue weighted by atomic mass is 10.1. The van der Waals surface area contributed by atoms with Crippen molar-refractivity contribution in [3.8, 4) is 11.4 Å². The van der Waals surface area contributed by atoms with Gasteiger partial charge in [0.05, 0.1) is 12.9 Å². The van der Waals surface area contributed by atoms with E-state index in [9.17, 15) is 9.59 Å². The molecule has 0 atom stereocenters. The minimum atomic E-state index is -0.548. The number of nitrogens with zero attached hydrogens (tertiary/aromatic N) is 3. The Morgan fingerprint density at radius 1 is 1.07 bits per heavy atom. The lowest BCUT2D eigenvalue weighted by Gasteiger charge is -2.09. The van der Waals surface area contributed by atoms with Crippen LogP contribution in [0.5, 0.6) is 0 Å². The highest BCUT2D eigenvalue weighted by molar-refractivity contribution is 7.99. The predicted octanol–water partition coefficient (Wildman–Crippen LogP) is 4.18. The van der Waals surface area contributed by atoms with Gasteiger partial charge in [0.25, 0.3) is 0 Å². The van der Waals surface area contributed by atoms with E-state index in [-0.39, 0.29) is 11.7 Å². The Morgan fingerprint density at radius 2 is 1.77 bits per heavy atom. The van der Waals surface area contributed by atoms with Crippen molar-refractivity contribution >= 4 is 35.1 Å². The minimum Gasteiger partial charge on any atom is -0.453 e. The molecule has 9 heteroatoms. The van der Waals surface area contributed by atoms with Gasteiger partial charge in [0.1, 0.15) is 0 Å². The van der Waals surface area contributed by atoms with Gasteiger partial charge < -0.3 is 14.6 Å². The van der Waals surface area contributed by atoms with E-state index in [1.807, 2.05) is 36.6 Å². The van der Waals surface area contributed by atoms with Gasteiger partial charge >= 0.3 is 6.09 Å². The lowest BCUT2D eigenvalue weighted by Crippen LogP contribution is -2.15. The summed E-state index contributed by atoms with van der Waals surface area (Å²) >= 11 is 1.34. The zero-order valence-corrected chi connectivity index (χ0v) is 17.8. The van der Waals surface area contributed by atoms with Crippen molar-refractivity contribution in [3.05, 3.63) is 54.1 Å². The molecule has 1 heterocycles. The van der Waals surface area contributed by atoms with E-state index in [0.29, 0.717) is 23.1 Å². The van der Waals surface area contributed by atoms with Gasteiger partial charge in [0.15, 0.2) is 11.0 Å². The van der Waals surface area contributed by atoms with Gasteiger partial charge in [-0.05, 0) is 44.2 Å². The molecule has 0 unspecified atom stereocenters. The second-order valence-electron chi connectivity index (χ2n) is 6.45. The van der Waals surface area contributed by atoms with Gasteiger partial charge in [-0.2, -0.15) is 0 Å². The third-order valence-electron chi connectivity index (χ3n) is 4.24. The molecule has 0 saturated heterocycles. The van der Waals surface area contributed by atoms with E-state index in [0.717, 1.165) is 17.0 Å². The van der Waals surface area contributed by atoms with E-state index in [1.54, 1.807) is 24.3 Å². The van der Waals surface area contributed by atoms with Crippen LogP contribution in [-0.4, -0.2) is 39.6 Å². The van der Waals surface area contributed by atoms with Crippen LogP contribution in [0.3, 0.4) is 0 Å². The number of carbonyl (C=O) groups excluding carboxylic acids is 2. The SMILES string of the molecule is CCn1c(SCC(=O)Nc2ccc(NC(=O)OC)cc2)nnc1-c1cccc(C)c1. The summed E-state index contributed by atoms with van der Waals surface area (Å²) in [5.74, 6) is 0.836. The summed E-state index contributed by atoms with van der Waals surface area (Å²) < 4.78 is 6.54. The maximum absolute atomic E-state index is 12.3. The summed E-state index contributed by atoms with van der Waals surface area (Å²) in [5, 5.41) is 14.7. The second-order valence-corrected chi connectivity index (χ2v) is 7.39. The molecule has 0 aliphatic carbocycles. The first kappa shape index (κ1) is 21.4. The summed E-state index contributed by atoms with van der Waals surface area (Å²) in [6.07, 6.45) is -0.548. The number of nitrogens with one attached hydrogen (secondary N) is 2. The summed E-state index contributed by atoms with van der Waals surface area (Å²) in [6.45, 7) is 4.76. The van der Waals surface area contributed by atoms with Crippen LogP contribution in [-0.2, 0) is 16.1 Å². The first-order valence-corrected chi connectivity index (χ1v) is 10.4. The summed E-state index contributed by atoms with van der Waals surface area (Å²) in [5.41, 5.74) is 3.36. The number of anilines is 2. The average molecular weight is 426 g/mol. The Labute approximate surface area is 179 Å². The third-order valence-corrected chi connectivity index (χ3v) is 5.21. The quantitative estimate of drug-likeness (QED) is 0.551. The fraction of sp³-hybridized carbons (Fsp3) is 0.238. The summed E-state index contributed by atoms with van der Waals surface area (Å²) in [6, 6.07) is 14.9. The maximum atomic E-state index is 12.3. The number of thioether (sulfide) groups is 1. The monoisotopic (exact) mass is 425 g/mol. The van der Waals surface area contributed by atoms with Crippen molar-refractivity contribution < 1.29 is 14.3 Å². The van der Waals surface area contributed by atoms with E-state index in [1.165, 1.54) is 18.9 Å². The number of benzene rings is 2. The number of hydrogen-bond donors (Lipinski definition) is 2. The number of aryl methyl sites for hydroxylation is 1. The number of methoxy groups -OCH3 is 1. The standard InChI is InChI=1S/C21H23N5O3S/c1-4-26-19(15-7-5-6-14(2)12-15)24-25-20(26)30-13-18(27)22-16-8-10-17(11-9-16)23-21(28)29-3/h5-12H,4,13H2,1-3H3,(H,22,27)(H,23,28). The molecule has 0 aliphatic heterocycles. The van der Waals surface area contributed by atoms with Crippen molar-refractivity contribution in [2.24, 2.45) is 0 Å². The first-order valence-electron chi connectivity index (χ1n) is 9.38. The zero-order chi connectivity index (χ0) is 21.5. The van der Waals surface area contributed by atoms with Crippen LogP contribution >= 0.6 is 11.8 Å². The molecule has 2 amide bonds. The molecule has 156 valence electrons. The van der Waals surface area contributed by atoms with Crippen LogP contribution in [0.1, 0.15) is 12.5 Å². The highest BCUT2D eigenvalue weighted by Gasteiger charge is 2.15. The van der Waals surface area contributed by atoms with Crippen LogP contribution in [0, 0.1) is 6.92 Å². The number of carbonyl (C=O) groups is 2. The van der Waals surface area contributed by atoms with Crippen LogP contribution in [0.4, 0.5) is 16.2 Å². The van der Waals surface area contributed by atoms with Crippen LogP contribution in [0.2, 0.25) is 0 Å². The Bertz CT molecular complexity index is 1030. The Morgan fingerprint density at radius 3 is 2.40 bits per heavy atom. The maximum Gasteiger partial charge on any atom is 0.411 e. The topological polar surface area (TPSA) is 98.1 Å². The average Bonchev–Trinajstić information content (AvgIpc) is 3.16. The largest absolute Gasteiger partial charge is 0.453 e. The van der Waals surface area contributed by atoms with Crippen LogP contribution < -0.4 is 10.6 Å². The van der Waals surface area contributed by atoms with Gasteiger partial charge in [-0.3, -0.25) is 10.1 Å². The Kier molecular flexibility index (Phi) is 7.08. The Hall–Kier alpha value is -3.33. The number of rotatable bonds is 7. The molecule has 2 N–H and O–H groups in total. The lowest BCUT2D eigenvalue weighted by molar-refractivity contribution is -0.113. The van der Waals surface area contributed by atoms with Gasteiger partial charge in [0, 0.05) is 23.5 Å². The Balaban J connectivity index is 1.60. The van der Waals surface area contributed by atoms with Crippen molar-refractivity contribution in [3.63, 3.8) is 0 Å². The molecule has 0 aliphatic rings. The van der Waals surface area contributed by atoms with E-state index < -0.39 is 6.09 Å². The molecular weight excluding hydrogens is 402 g/mol. The fourth-order valence-electron chi connectivity index (χ4n) is 2.81. The molecule has 3 aromatic rings. The zero-order valence-electron chi connectivity index (χ0n) is 17.0. The smallest absolute Gasteiger partial charge is 0.411 e. The fourth-order valence-corrected chi connectivity index (χ4v) is 3.61. The van der Waals surface area contributed by atoms with Crippen molar-refractivity contribution in [1.82, 2.24) is 14.8 Å². The predicted molar refractivity (Wildman–Crippen MR) is 118 cm³/mol. The highest BCUT2D eigenvalue weighted by Crippen LogP contribution is 2.25. The molecule has 0 bridgehead atoms. The molecule has 0 radical (unpaired) electrons. The molecule has 3 rings (SSSR count). The molecule has 0 saturated carbocycles. The third kappa shape index (κ3) is 5.38. The molecule has 30 heavy (non-hydrogen) atoms. The minimum absolute atomic E-state index is 0.156. The van der Waals surface area contributed by atoms with Gasteiger partial charge in [0.2, 0.25) is 5.91 Å². The molecule has 0 fully saturated rings. The first-order chi connectivity index (χ1) is 14.5. The highest BCUT2D eigenvalue weighted by atomic mass is 32.2. The molecule has 1 aromatic heterocycles. The molecule has 8 nitrogen and oxygen atoms in total. The number of amides is 2. The summed E-state index contributed by atoms with van der Waals surface area (Å²) in [7, 11) is 1.30. The molecular formula is C21H23N5O3S. The number of hydrogen-bond acceptors (Lipinski definition) is 6. The normalized spacial score (nSPS) is 10.5. The van der Waals surface area contributed by atoms with Crippen molar-refractivity contribution in [2.45, 2.75) is 25.5 Å². The van der Waals surface area contributed by atoms with Gasteiger partial charge in [-0.25, -0.2) is 4.79 Å². The molecule has 2 aromatic carbocycles. The van der Waals surface area contributed by atoms with Crippen molar-refractivity contribution in [2.75, 3.05) is 23.5 Å². The van der Waals surface area contributed by atoms with Gasteiger partial charge in [-0.1, -0.05) is 35.5 Å². The summed E-state index contributed by atoms with van der Waals surface area (Å²) in [4.78, 5) is 23.5. The molecule has 0 spiro atoms. The van der Waals surface area contributed by atoms with E-state index in [4.69, 9.17) is 0 Å². The van der Waals surface area contributed by atoms with E-state index >= 15 is 0 Å². The van der Waals surface area contributed by atoms with Gasteiger partial charge in [-0.15, -0.1) is 10.2 Å². The van der Waals surface area contributed by atoms with Crippen LogP contribution in [0.15, 0.2) is 53.7 Å². The number of ether oxygens (including phenoxy) is 1. The van der Waals surface area contributed by atoms with Crippen molar-refractivity contribution in [1.29, 1.82) is 0 Å².